The first-order chi connectivity index (χ1) is 17.0. The van der Waals surface area contributed by atoms with Gasteiger partial charge < -0.3 is 24.0 Å². The van der Waals surface area contributed by atoms with Gasteiger partial charge in [-0.2, -0.15) is 0 Å². The number of fused-ring (bicyclic) bond motifs is 2. The highest BCUT2D eigenvalue weighted by atomic mass is 16.7. The maximum absolute atomic E-state index is 13.8. The molecule has 6 heteroatoms. The quantitative estimate of drug-likeness (QED) is 0.465. The summed E-state index contributed by atoms with van der Waals surface area (Å²) in [7, 11) is 0. The molecule has 4 aromatic rings. The third-order valence-electron chi connectivity index (χ3n) is 7.42. The molecule has 1 saturated heterocycles. The number of carbonyl (C=O) groups is 1. The van der Waals surface area contributed by atoms with Crippen molar-refractivity contribution in [2.45, 2.75) is 31.9 Å². The fourth-order valence-corrected chi connectivity index (χ4v) is 5.38. The second-order valence-corrected chi connectivity index (χ2v) is 9.44. The minimum Gasteiger partial charge on any atom is -0.454 e. The molecule has 1 amide bonds. The predicted molar refractivity (Wildman–Crippen MR) is 134 cm³/mol. The molecule has 6 nitrogen and oxygen atoms in total. The van der Waals surface area contributed by atoms with Crippen molar-refractivity contribution in [1.82, 2.24) is 9.47 Å². The number of piperidine rings is 1. The highest BCUT2D eigenvalue weighted by molar-refractivity contribution is 6.08. The summed E-state index contributed by atoms with van der Waals surface area (Å²) < 4.78 is 13.1. The lowest BCUT2D eigenvalue weighted by molar-refractivity contribution is -0.0212. The zero-order valence-corrected chi connectivity index (χ0v) is 19.7. The molecule has 0 atom stereocenters. The molecular weight excluding hydrogens is 440 g/mol. The maximum Gasteiger partial charge on any atom is 0.256 e. The summed E-state index contributed by atoms with van der Waals surface area (Å²) >= 11 is 0. The number of para-hydroxylation sites is 1. The first kappa shape index (κ1) is 21.7. The fourth-order valence-electron chi connectivity index (χ4n) is 5.38. The number of amides is 1. The predicted octanol–water partition coefficient (Wildman–Crippen LogP) is 4.85. The van der Waals surface area contributed by atoms with Crippen molar-refractivity contribution in [2.24, 2.45) is 0 Å². The van der Waals surface area contributed by atoms with Gasteiger partial charge >= 0.3 is 0 Å². The summed E-state index contributed by atoms with van der Waals surface area (Å²) in [6, 6.07) is 24.0. The first-order valence-corrected chi connectivity index (χ1v) is 12.1. The van der Waals surface area contributed by atoms with E-state index in [1.807, 2.05) is 66.4 Å². The van der Waals surface area contributed by atoms with Crippen LogP contribution in [-0.4, -0.2) is 40.4 Å². The van der Waals surface area contributed by atoms with E-state index < -0.39 is 5.60 Å². The molecule has 178 valence electrons. The van der Waals surface area contributed by atoms with Crippen molar-refractivity contribution in [3.63, 3.8) is 0 Å². The van der Waals surface area contributed by atoms with Crippen molar-refractivity contribution in [2.75, 3.05) is 19.9 Å². The molecule has 1 N–H and O–H groups in total. The van der Waals surface area contributed by atoms with Crippen LogP contribution in [0.5, 0.6) is 11.5 Å². The summed E-state index contributed by atoms with van der Waals surface area (Å²) in [6.45, 7) is 3.92. The third-order valence-corrected chi connectivity index (χ3v) is 7.42. The van der Waals surface area contributed by atoms with E-state index in [1.54, 1.807) is 0 Å². The summed E-state index contributed by atoms with van der Waals surface area (Å²) in [5.41, 5.74) is 3.80. The summed E-state index contributed by atoms with van der Waals surface area (Å²) in [4.78, 5) is 15.7. The van der Waals surface area contributed by atoms with Crippen molar-refractivity contribution >= 4 is 16.8 Å². The van der Waals surface area contributed by atoms with Gasteiger partial charge in [-0.05, 0) is 49.1 Å². The van der Waals surface area contributed by atoms with Gasteiger partial charge in [0.15, 0.2) is 11.5 Å². The molecule has 0 radical (unpaired) electrons. The van der Waals surface area contributed by atoms with E-state index in [2.05, 4.69) is 22.8 Å². The lowest BCUT2D eigenvalue weighted by Gasteiger charge is -2.38. The number of aromatic nitrogens is 1. The smallest absolute Gasteiger partial charge is 0.256 e. The van der Waals surface area contributed by atoms with Gasteiger partial charge in [0, 0.05) is 36.2 Å². The van der Waals surface area contributed by atoms with Crippen LogP contribution in [0, 0.1) is 6.92 Å². The standard InChI is InChI=1S/C29H28N2O4/c1-20-27(23-9-5-6-10-24(23)31(20)18-21-7-3-2-4-8-21)28(32)30-15-13-29(33,14-16-30)22-11-12-25-26(17-22)35-19-34-25/h2-12,17,33H,13-16,18-19H2,1H3. The molecule has 3 heterocycles. The van der Waals surface area contributed by atoms with Gasteiger partial charge in [-0.1, -0.05) is 54.6 Å². The van der Waals surface area contributed by atoms with E-state index in [0.29, 0.717) is 44.0 Å². The molecule has 0 bridgehead atoms. The van der Waals surface area contributed by atoms with Gasteiger partial charge in [0.2, 0.25) is 6.79 Å². The molecule has 1 fully saturated rings. The average molecular weight is 469 g/mol. The number of benzene rings is 3. The van der Waals surface area contributed by atoms with Crippen LogP contribution < -0.4 is 9.47 Å². The van der Waals surface area contributed by atoms with E-state index in [1.165, 1.54) is 5.56 Å². The van der Waals surface area contributed by atoms with E-state index in [9.17, 15) is 9.90 Å². The van der Waals surface area contributed by atoms with E-state index in [0.717, 1.165) is 27.7 Å². The average Bonchev–Trinajstić information content (AvgIpc) is 3.47. The van der Waals surface area contributed by atoms with Crippen LogP contribution in [0.25, 0.3) is 10.9 Å². The van der Waals surface area contributed by atoms with E-state index in [4.69, 9.17) is 9.47 Å². The van der Waals surface area contributed by atoms with Gasteiger partial charge in [-0.25, -0.2) is 0 Å². The highest BCUT2D eigenvalue weighted by Gasteiger charge is 2.37. The highest BCUT2D eigenvalue weighted by Crippen LogP contribution is 2.40. The van der Waals surface area contributed by atoms with E-state index >= 15 is 0 Å². The molecule has 6 rings (SSSR count). The lowest BCUT2D eigenvalue weighted by atomic mass is 9.84. The number of likely N-dealkylation sites (tertiary alicyclic amines) is 1. The minimum atomic E-state index is -0.992. The molecule has 0 spiro atoms. The van der Waals surface area contributed by atoms with Gasteiger partial charge in [-0.15, -0.1) is 0 Å². The van der Waals surface area contributed by atoms with Gasteiger partial charge in [0.1, 0.15) is 0 Å². The van der Waals surface area contributed by atoms with Crippen LogP contribution in [0.4, 0.5) is 0 Å². The Morgan fingerprint density at radius 3 is 2.46 bits per heavy atom. The zero-order chi connectivity index (χ0) is 24.0. The lowest BCUT2D eigenvalue weighted by Crippen LogP contribution is -2.45. The Hall–Kier alpha value is -3.77. The number of rotatable bonds is 4. The monoisotopic (exact) mass is 468 g/mol. The fraction of sp³-hybridized carbons (Fsp3) is 0.276. The van der Waals surface area contributed by atoms with Crippen molar-refractivity contribution in [3.8, 4) is 11.5 Å². The summed E-state index contributed by atoms with van der Waals surface area (Å²) in [5.74, 6) is 1.39. The number of hydrogen-bond donors (Lipinski definition) is 1. The minimum absolute atomic E-state index is 0.0262. The molecule has 2 aliphatic rings. The Labute approximate surface area is 204 Å². The SMILES string of the molecule is Cc1c(C(=O)N2CCC(O)(c3ccc4c(c3)OCO4)CC2)c2ccccc2n1Cc1ccccc1. The number of hydrogen-bond acceptors (Lipinski definition) is 4. The molecule has 2 aliphatic heterocycles. The van der Waals surface area contributed by atoms with Crippen molar-refractivity contribution in [3.05, 3.63) is 95.2 Å². The largest absolute Gasteiger partial charge is 0.454 e. The zero-order valence-electron chi connectivity index (χ0n) is 19.7. The summed E-state index contributed by atoms with van der Waals surface area (Å²) in [5, 5.41) is 12.4. The Balaban J connectivity index is 1.26. The molecule has 0 aliphatic carbocycles. The maximum atomic E-state index is 13.8. The van der Waals surface area contributed by atoms with Crippen LogP contribution in [0.3, 0.4) is 0 Å². The van der Waals surface area contributed by atoms with E-state index in [-0.39, 0.29) is 12.7 Å². The van der Waals surface area contributed by atoms with Crippen molar-refractivity contribution < 1.29 is 19.4 Å². The molecule has 35 heavy (non-hydrogen) atoms. The number of ether oxygens (including phenoxy) is 2. The number of aliphatic hydroxyl groups is 1. The van der Waals surface area contributed by atoms with Gasteiger partial charge in [-0.3, -0.25) is 4.79 Å². The number of carbonyl (C=O) groups excluding carboxylic acids is 1. The van der Waals surface area contributed by atoms with Crippen LogP contribution in [-0.2, 0) is 12.1 Å². The first-order valence-electron chi connectivity index (χ1n) is 12.1. The number of nitrogens with zero attached hydrogens (tertiary/aromatic N) is 2. The Morgan fingerprint density at radius 2 is 1.66 bits per heavy atom. The molecule has 0 unspecified atom stereocenters. The topological polar surface area (TPSA) is 63.9 Å². The molecular formula is C29H28N2O4. The second kappa shape index (κ2) is 8.47. The van der Waals surface area contributed by atoms with Crippen LogP contribution in [0.15, 0.2) is 72.8 Å². The summed E-state index contributed by atoms with van der Waals surface area (Å²) in [6.07, 6.45) is 0.945. The second-order valence-electron chi connectivity index (χ2n) is 9.44. The Bertz CT molecular complexity index is 1400. The normalized spacial score (nSPS) is 16.6. The van der Waals surface area contributed by atoms with Crippen molar-refractivity contribution in [1.29, 1.82) is 0 Å². The van der Waals surface area contributed by atoms with Crippen LogP contribution >= 0.6 is 0 Å². The molecule has 0 saturated carbocycles. The van der Waals surface area contributed by atoms with Gasteiger partial charge in [0.05, 0.1) is 11.2 Å². The third kappa shape index (κ3) is 3.74. The Morgan fingerprint density at radius 1 is 0.943 bits per heavy atom. The van der Waals surface area contributed by atoms with Crippen LogP contribution in [0.1, 0.15) is 40.0 Å². The molecule has 1 aromatic heterocycles. The molecule has 3 aromatic carbocycles. The van der Waals surface area contributed by atoms with Gasteiger partial charge in [0.25, 0.3) is 5.91 Å². The van der Waals surface area contributed by atoms with Crippen LogP contribution in [0.2, 0.25) is 0 Å². The Kier molecular flexibility index (Phi) is 5.26.